The number of carboxylic acids is 1. The molecule has 286 valence electrons. The van der Waals surface area contributed by atoms with Gasteiger partial charge in [0.05, 0.1) is 119 Å². The summed E-state index contributed by atoms with van der Waals surface area (Å²) in [6, 6.07) is 0. The van der Waals surface area contributed by atoms with Crippen molar-refractivity contribution < 1.29 is 80.1 Å². The normalized spacial score (nSPS) is 12.8. The van der Waals surface area contributed by atoms with E-state index in [1.54, 1.807) is 0 Å². The van der Waals surface area contributed by atoms with Crippen molar-refractivity contribution in [3.05, 3.63) is 12.2 Å². The molecule has 1 rings (SSSR count). The molecule has 0 aromatic rings. The molecule has 0 atom stereocenters. The van der Waals surface area contributed by atoms with Crippen LogP contribution in [0.5, 0.6) is 0 Å². The van der Waals surface area contributed by atoms with Crippen molar-refractivity contribution in [2.24, 2.45) is 5.73 Å². The first-order chi connectivity index (χ1) is 23.6. The summed E-state index contributed by atoms with van der Waals surface area (Å²) in [5, 5.41) is 9.80. The summed E-state index contributed by atoms with van der Waals surface area (Å²) in [4.78, 5) is 44.5. The van der Waals surface area contributed by atoms with E-state index in [9.17, 15) is 27.6 Å². The van der Waals surface area contributed by atoms with Crippen LogP contribution < -0.4 is 11.1 Å². The van der Waals surface area contributed by atoms with Crippen molar-refractivity contribution in [1.82, 2.24) is 10.2 Å². The zero-order chi connectivity index (χ0) is 36.4. The van der Waals surface area contributed by atoms with Crippen LogP contribution in [0.3, 0.4) is 0 Å². The summed E-state index contributed by atoms with van der Waals surface area (Å²) in [5.74, 6) is -3.80. The summed E-state index contributed by atoms with van der Waals surface area (Å²) >= 11 is 0. The number of imide groups is 1. The maximum Gasteiger partial charge on any atom is 0.490 e. The molecule has 0 aliphatic carbocycles. The topological polar surface area (TPSA) is 213 Å². The maximum absolute atomic E-state index is 11.8. The molecule has 0 radical (unpaired) electrons. The van der Waals surface area contributed by atoms with Crippen LogP contribution in [0.15, 0.2) is 12.2 Å². The average molecular weight is 722 g/mol. The molecule has 17 nitrogen and oxygen atoms in total. The fraction of sp³-hybridized carbons (Fsp3) is 0.793. The van der Waals surface area contributed by atoms with Gasteiger partial charge in [0.15, 0.2) is 0 Å². The quantitative estimate of drug-likeness (QED) is 0.0571. The lowest BCUT2D eigenvalue weighted by molar-refractivity contribution is -0.192. The predicted octanol–water partition coefficient (Wildman–Crippen LogP) is -0.841. The highest BCUT2D eigenvalue weighted by Gasteiger charge is 2.38. The number of rotatable bonds is 32. The first-order valence-corrected chi connectivity index (χ1v) is 15.6. The largest absolute Gasteiger partial charge is 0.490 e. The third kappa shape index (κ3) is 31.0. The van der Waals surface area contributed by atoms with E-state index in [1.807, 2.05) is 0 Å². The smallest absolute Gasteiger partial charge is 0.475 e. The second kappa shape index (κ2) is 32.4. The van der Waals surface area contributed by atoms with Crippen molar-refractivity contribution >= 4 is 23.7 Å². The minimum atomic E-state index is -5.08. The molecule has 0 saturated heterocycles. The molecule has 0 unspecified atom stereocenters. The number of carbonyl (C=O) groups excluding carboxylic acids is 3. The number of hydrogen-bond donors (Lipinski definition) is 3. The monoisotopic (exact) mass is 721 g/mol. The summed E-state index contributed by atoms with van der Waals surface area (Å²) in [6.07, 6.45) is -2.64. The van der Waals surface area contributed by atoms with E-state index < -0.39 is 24.0 Å². The zero-order valence-corrected chi connectivity index (χ0v) is 27.6. The van der Waals surface area contributed by atoms with E-state index in [0.717, 1.165) is 4.90 Å². The highest BCUT2D eigenvalue weighted by atomic mass is 19.4. The maximum atomic E-state index is 11.8. The summed E-state index contributed by atoms with van der Waals surface area (Å²) in [6.45, 7) is 9.49. The Morgan fingerprint density at radius 2 is 0.898 bits per heavy atom. The molecule has 0 aromatic carbocycles. The lowest BCUT2D eigenvalue weighted by atomic mass is 10.3. The molecule has 4 N–H and O–H groups in total. The lowest BCUT2D eigenvalue weighted by Crippen LogP contribution is -2.35. The standard InChI is InChI=1S/C27H49N3O12.C2HF3O2/c28-4-7-34-9-11-36-13-15-38-17-19-40-21-23-42-24-22-41-20-18-39-16-14-37-12-10-35-8-5-29-25(31)3-6-30-26(32)1-2-27(30)33;3-2(4,5)1(6)7/h1-2H,3-24,28H2,(H,29,31);(H,6,7). The Balaban J connectivity index is 0.00000295. The van der Waals surface area contributed by atoms with Gasteiger partial charge in [-0.25, -0.2) is 4.79 Å². The van der Waals surface area contributed by atoms with Crippen LogP contribution in [-0.4, -0.2) is 178 Å². The van der Waals surface area contributed by atoms with Gasteiger partial charge in [0.1, 0.15) is 0 Å². The Kier molecular flexibility index (Phi) is 30.6. The van der Waals surface area contributed by atoms with Crippen LogP contribution in [0.2, 0.25) is 0 Å². The molecular formula is C29H50F3N3O14. The zero-order valence-electron chi connectivity index (χ0n) is 27.6. The third-order valence-electron chi connectivity index (χ3n) is 5.51. The van der Waals surface area contributed by atoms with E-state index in [0.29, 0.717) is 132 Å². The van der Waals surface area contributed by atoms with Gasteiger partial charge in [-0.1, -0.05) is 0 Å². The molecule has 0 aromatic heterocycles. The fourth-order valence-corrected chi connectivity index (χ4v) is 3.16. The van der Waals surface area contributed by atoms with Gasteiger partial charge in [-0.15, -0.1) is 0 Å². The fourth-order valence-electron chi connectivity index (χ4n) is 3.16. The number of carbonyl (C=O) groups is 4. The van der Waals surface area contributed by atoms with E-state index in [-0.39, 0.29) is 18.9 Å². The summed E-state index contributed by atoms with van der Waals surface area (Å²) in [7, 11) is 0. The van der Waals surface area contributed by atoms with Crippen LogP contribution in [0.4, 0.5) is 13.2 Å². The number of carboxylic acid groups (broad SMARTS) is 1. The highest BCUT2D eigenvalue weighted by molar-refractivity contribution is 6.13. The molecular weight excluding hydrogens is 671 g/mol. The minimum absolute atomic E-state index is 0.0553. The van der Waals surface area contributed by atoms with Crippen molar-refractivity contribution in [2.75, 3.05) is 139 Å². The predicted molar refractivity (Wildman–Crippen MR) is 164 cm³/mol. The summed E-state index contributed by atoms with van der Waals surface area (Å²) < 4.78 is 80.2. The number of nitrogens with two attached hydrogens (primary N) is 1. The van der Waals surface area contributed by atoms with Gasteiger partial charge in [-0.3, -0.25) is 19.3 Å². The van der Waals surface area contributed by atoms with E-state index in [4.69, 9.17) is 58.3 Å². The number of alkyl halides is 3. The molecule has 0 saturated carbocycles. The second-order valence-electron chi connectivity index (χ2n) is 9.36. The van der Waals surface area contributed by atoms with Gasteiger partial charge in [0, 0.05) is 38.2 Å². The Labute approximate surface area is 283 Å². The Hall–Kier alpha value is -2.79. The van der Waals surface area contributed by atoms with E-state index >= 15 is 0 Å². The van der Waals surface area contributed by atoms with Crippen molar-refractivity contribution in [1.29, 1.82) is 0 Å². The van der Waals surface area contributed by atoms with Crippen molar-refractivity contribution in [2.45, 2.75) is 12.6 Å². The number of amides is 3. The molecule has 49 heavy (non-hydrogen) atoms. The Bertz CT molecular complexity index is 882. The van der Waals surface area contributed by atoms with Gasteiger partial charge in [0.2, 0.25) is 5.91 Å². The van der Waals surface area contributed by atoms with Gasteiger partial charge < -0.3 is 58.8 Å². The van der Waals surface area contributed by atoms with Gasteiger partial charge >= 0.3 is 12.1 Å². The minimum Gasteiger partial charge on any atom is -0.475 e. The number of aliphatic carboxylic acids is 1. The van der Waals surface area contributed by atoms with E-state index in [2.05, 4.69) is 5.32 Å². The lowest BCUT2D eigenvalue weighted by Gasteiger charge is -2.13. The summed E-state index contributed by atoms with van der Waals surface area (Å²) in [5.41, 5.74) is 5.32. The molecule has 0 bridgehead atoms. The molecule has 1 aliphatic heterocycles. The van der Waals surface area contributed by atoms with Crippen LogP contribution in [0.25, 0.3) is 0 Å². The number of halogens is 3. The number of hydrogen-bond acceptors (Lipinski definition) is 14. The van der Waals surface area contributed by atoms with Crippen LogP contribution >= 0.6 is 0 Å². The van der Waals surface area contributed by atoms with E-state index in [1.165, 1.54) is 12.2 Å². The molecule has 3 amide bonds. The first kappa shape index (κ1) is 46.2. The molecule has 0 spiro atoms. The number of nitrogens with zero attached hydrogens (tertiary/aromatic N) is 1. The van der Waals surface area contributed by atoms with Gasteiger partial charge in [0.25, 0.3) is 11.8 Å². The van der Waals surface area contributed by atoms with Crippen LogP contribution in [0, 0.1) is 0 Å². The van der Waals surface area contributed by atoms with Crippen molar-refractivity contribution in [3.63, 3.8) is 0 Å². The highest BCUT2D eigenvalue weighted by Crippen LogP contribution is 2.13. The van der Waals surface area contributed by atoms with Crippen molar-refractivity contribution in [3.8, 4) is 0 Å². The van der Waals surface area contributed by atoms with Crippen LogP contribution in [0.1, 0.15) is 6.42 Å². The molecule has 1 heterocycles. The second-order valence-corrected chi connectivity index (χ2v) is 9.36. The molecule has 20 heteroatoms. The van der Waals surface area contributed by atoms with Gasteiger partial charge in [-0.05, 0) is 0 Å². The molecule has 0 fully saturated rings. The van der Waals surface area contributed by atoms with Crippen LogP contribution in [-0.2, 0) is 61.8 Å². The average Bonchev–Trinajstić information content (AvgIpc) is 3.38. The Morgan fingerprint density at radius 3 is 1.18 bits per heavy atom. The molecule has 1 aliphatic rings. The van der Waals surface area contributed by atoms with Gasteiger partial charge in [-0.2, -0.15) is 13.2 Å². The third-order valence-corrected chi connectivity index (χ3v) is 5.51. The first-order valence-electron chi connectivity index (χ1n) is 15.6. The Morgan fingerprint density at radius 1 is 0.612 bits per heavy atom. The number of nitrogens with one attached hydrogen (secondary N) is 1. The SMILES string of the molecule is NCCOCCOCCOCCOCCOCCOCCOCCOCCOCCNC(=O)CCN1C(=O)C=CC1=O.O=C(O)C(F)(F)F. The number of ether oxygens (including phenoxy) is 9.